The van der Waals surface area contributed by atoms with Crippen LogP contribution in [0.3, 0.4) is 0 Å². The third-order valence-electron chi connectivity index (χ3n) is 2.69. The van der Waals surface area contributed by atoms with Crippen LogP contribution in [-0.2, 0) is 6.54 Å². The van der Waals surface area contributed by atoms with Crippen LogP contribution in [0.2, 0.25) is 0 Å². The number of ether oxygens (including phenoxy) is 1. The number of hydrogen-bond acceptors (Lipinski definition) is 2. The molecule has 0 aliphatic carbocycles. The zero-order valence-electron chi connectivity index (χ0n) is 10.6. The van der Waals surface area contributed by atoms with Gasteiger partial charge in [0.2, 0.25) is 0 Å². The maximum absolute atomic E-state index is 5.71. The van der Waals surface area contributed by atoms with E-state index in [1.54, 1.807) is 0 Å². The molecule has 1 aromatic carbocycles. The quantitative estimate of drug-likeness (QED) is 0.762. The second-order valence-corrected chi connectivity index (χ2v) is 4.15. The van der Waals surface area contributed by atoms with Crippen LogP contribution < -0.4 is 10.1 Å². The van der Waals surface area contributed by atoms with Crippen LogP contribution in [0.5, 0.6) is 5.75 Å². The van der Waals surface area contributed by atoms with Crippen LogP contribution in [0.25, 0.3) is 0 Å². The van der Waals surface area contributed by atoms with Crippen molar-refractivity contribution in [3.05, 3.63) is 29.8 Å². The largest absolute Gasteiger partial charge is 0.493 e. The Morgan fingerprint density at radius 3 is 2.69 bits per heavy atom. The van der Waals surface area contributed by atoms with Gasteiger partial charge in [-0.25, -0.2) is 0 Å². The molecule has 16 heavy (non-hydrogen) atoms. The second kappa shape index (κ2) is 7.29. The lowest BCUT2D eigenvalue weighted by molar-refractivity contribution is 0.312. The number of benzene rings is 1. The predicted octanol–water partition coefficient (Wildman–Crippen LogP) is 3.36. The second-order valence-electron chi connectivity index (χ2n) is 4.15. The minimum Gasteiger partial charge on any atom is -0.493 e. The molecule has 1 aromatic rings. The number of hydrogen-bond donors (Lipinski definition) is 1. The lowest BCUT2D eigenvalue weighted by Crippen LogP contribution is -2.24. The van der Waals surface area contributed by atoms with E-state index in [9.17, 15) is 0 Å². The first-order chi connectivity index (χ1) is 7.77. The summed E-state index contributed by atoms with van der Waals surface area (Å²) in [6.45, 7) is 8.20. The standard InChI is InChI=1S/C14H23NO/c1-4-10-16-14-9-7-6-8-13(14)11-15-12(3)5-2/h6-9,12,15H,4-5,10-11H2,1-3H3. The fourth-order valence-electron chi connectivity index (χ4n) is 1.43. The average molecular weight is 221 g/mol. The van der Waals surface area contributed by atoms with E-state index in [2.05, 4.69) is 38.2 Å². The Balaban J connectivity index is 2.56. The Labute approximate surface area is 99.0 Å². The van der Waals surface area contributed by atoms with Gasteiger partial charge in [0.25, 0.3) is 0 Å². The Hall–Kier alpha value is -1.02. The molecule has 0 spiro atoms. The van der Waals surface area contributed by atoms with Gasteiger partial charge >= 0.3 is 0 Å². The van der Waals surface area contributed by atoms with Crippen molar-refractivity contribution in [2.75, 3.05) is 6.61 Å². The van der Waals surface area contributed by atoms with Crippen LogP contribution in [0.1, 0.15) is 39.2 Å². The molecule has 0 radical (unpaired) electrons. The molecule has 0 saturated carbocycles. The first-order valence-electron chi connectivity index (χ1n) is 6.22. The van der Waals surface area contributed by atoms with Crippen molar-refractivity contribution in [2.45, 2.75) is 46.2 Å². The van der Waals surface area contributed by atoms with E-state index >= 15 is 0 Å². The summed E-state index contributed by atoms with van der Waals surface area (Å²) in [6.07, 6.45) is 2.20. The molecule has 0 saturated heterocycles. The maximum Gasteiger partial charge on any atom is 0.123 e. The number of rotatable bonds is 7. The van der Waals surface area contributed by atoms with Gasteiger partial charge in [-0.3, -0.25) is 0 Å². The van der Waals surface area contributed by atoms with E-state index in [0.29, 0.717) is 6.04 Å². The van der Waals surface area contributed by atoms with Gasteiger partial charge in [-0.15, -0.1) is 0 Å². The molecule has 90 valence electrons. The average Bonchev–Trinajstić information content (AvgIpc) is 2.34. The van der Waals surface area contributed by atoms with Gasteiger partial charge in [-0.05, 0) is 25.8 Å². The van der Waals surface area contributed by atoms with E-state index in [-0.39, 0.29) is 0 Å². The van der Waals surface area contributed by atoms with Crippen LogP contribution >= 0.6 is 0 Å². The SMILES string of the molecule is CCCOc1ccccc1CNC(C)CC. The summed E-state index contributed by atoms with van der Waals surface area (Å²) in [5.74, 6) is 1.01. The lowest BCUT2D eigenvalue weighted by Gasteiger charge is -2.14. The van der Waals surface area contributed by atoms with E-state index in [1.165, 1.54) is 5.56 Å². The summed E-state index contributed by atoms with van der Waals surface area (Å²) in [6, 6.07) is 8.81. The predicted molar refractivity (Wildman–Crippen MR) is 68.8 cm³/mol. The third kappa shape index (κ3) is 4.23. The minimum absolute atomic E-state index is 0.555. The summed E-state index contributed by atoms with van der Waals surface area (Å²) in [5.41, 5.74) is 1.25. The van der Waals surface area contributed by atoms with Crippen LogP contribution in [0.4, 0.5) is 0 Å². The van der Waals surface area contributed by atoms with Gasteiger partial charge in [0.1, 0.15) is 5.75 Å². The Kier molecular flexibility index (Phi) is 5.94. The first kappa shape index (κ1) is 13.0. The molecule has 0 amide bonds. The van der Waals surface area contributed by atoms with Gasteiger partial charge in [0.05, 0.1) is 6.61 Å². The van der Waals surface area contributed by atoms with E-state index < -0.39 is 0 Å². The van der Waals surface area contributed by atoms with Crippen LogP contribution in [0, 0.1) is 0 Å². The molecule has 1 N–H and O–H groups in total. The lowest BCUT2D eigenvalue weighted by atomic mass is 10.2. The number of para-hydroxylation sites is 1. The van der Waals surface area contributed by atoms with Crippen molar-refractivity contribution >= 4 is 0 Å². The summed E-state index contributed by atoms with van der Waals surface area (Å²) >= 11 is 0. The maximum atomic E-state index is 5.71. The molecule has 2 nitrogen and oxygen atoms in total. The van der Waals surface area contributed by atoms with Crippen LogP contribution in [-0.4, -0.2) is 12.6 Å². The molecule has 0 aliphatic rings. The van der Waals surface area contributed by atoms with Crippen molar-refractivity contribution in [3.8, 4) is 5.75 Å². The molecule has 1 unspecified atom stereocenters. The molecule has 0 aliphatic heterocycles. The molecule has 0 fully saturated rings. The van der Waals surface area contributed by atoms with Crippen molar-refractivity contribution < 1.29 is 4.74 Å². The summed E-state index contributed by atoms with van der Waals surface area (Å²) in [7, 11) is 0. The Bertz CT molecular complexity index is 299. The van der Waals surface area contributed by atoms with Crippen LogP contribution in [0.15, 0.2) is 24.3 Å². The van der Waals surface area contributed by atoms with Crippen molar-refractivity contribution in [2.24, 2.45) is 0 Å². The normalized spacial score (nSPS) is 12.4. The topological polar surface area (TPSA) is 21.3 Å². The number of nitrogens with one attached hydrogen (secondary N) is 1. The fraction of sp³-hybridized carbons (Fsp3) is 0.571. The van der Waals surface area contributed by atoms with E-state index in [4.69, 9.17) is 4.74 Å². The highest BCUT2D eigenvalue weighted by molar-refractivity contribution is 5.33. The van der Waals surface area contributed by atoms with Gasteiger partial charge in [-0.1, -0.05) is 32.0 Å². The summed E-state index contributed by atoms with van der Waals surface area (Å²) < 4.78 is 5.71. The molecule has 1 atom stereocenters. The monoisotopic (exact) mass is 221 g/mol. The van der Waals surface area contributed by atoms with E-state index in [1.807, 2.05) is 12.1 Å². The summed E-state index contributed by atoms with van der Waals surface area (Å²) in [5, 5.41) is 3.49. The Morgan fingerprint density at radius 2 is 2.00 bits per heavy atom. The zero-order chi connectivity index (χ0) is 11.8. The first-order valence-corrected chi connectivity index (χ1v) is 6.22. The minimum atomic E-state index is 0.555. The summed E-state index contributed by atoms with van der Waals surface area (Å²) in [4.78, 5) is 0. The fourth-order valence-corrected chi connectivity index (χ4v) is 1.43. The van der Waals surface area contributed by atoms with E-state index in [0.717, 1.165) is 31.7 Å². The molecule has 2 heteroatoms. The van der Waals surface area contributed by atoms with Crippen molar-refractivity contribution in [3.63, 3.8) is 0 Å². The van der Waals surface area contributed by atoms with Crippen molar-refractivity contribution in [1.82, 2.24) is 5.32 Å². The van der Waals surface area contributed by atoms with Gasteiger partial charge in [-0.2, -0.15) is 0 Å². The molecular weight excluding hydrogens is 198 g/mol. The van der Waals surface area contributed by atoms with Gasteiger partial charge in [0, 0.05) is 18.2 Å². The Morgan fingerprint density at radius 1 is 1.25 bits per heavy atom. The third-order valence-corrected chi connectivity index (χ3v) is 2.69. The highest BCUT2D eigenvalue weighted by Gasteiger charge is 2.03. The molecule has 0 heterocycles. The van der Waals surface area contributed by atoms with Crippen molar-refractivity contribution in [1.29, 1.82) is 0 Å². The highest BCUT2D eigenvalue weighted by atomic mass is 16.5. The smallest absolute Gasteiger partial charge is 0.123 e. The van der Waals surface area contributed by atoms with Gasteiger partial charge in [0.15, 0.2) is 0 Å². The zero-order valence-corrected chi connectivity index (χ0v) is 10.6. The molecule has 0 bridgehead atoms. The molecular formula is C14H23NO. The highest BCUT2D eigenvalue weighted by Crippen LogP contribution is 2.18. The molecule has 0 aromatic heterocycles. The molecule has 1 rings (SSSR count). The van der Waals surface area contributed by atoms with Gasteiger partial charge < -0.3 is 10.1 Å².